The van der Waals surface area contributed by atoms with E-state index in [4.69, 9.17) is 14.6 Å². The van der Waals surface area contributed by atoms with Crippen molar-refractivity contribution in [3.63, 3.8) is 0 Å². The first-order valence-electron chi connectivity index (χ1n) is 11.2. The second kappa shape index (κ2) is 8.83. The van der Waals surface area contributed by atoms with Gasteiger partial charge in [-0.25, -0.2) is 0 Å². The van der Waals surface area contributed by atoms with Gasteiger partial charge in [-0.3, -0.25) is 14.4 Å². The minimum absolute atomic E-state index is 0.154. The van der Waals surface area contributed by atoms with Gasteiger partial charge in [0.25, 0.3) is 0 Å². The minimum atomic E-state index is -0.959. The van der Waals surface area contributed by atoms with Crippen LogP contribution in [-0.2, 0) is 23.9 Å². The lowest BCUT2D eigenvalue weighted by molar-refractivity contribution is -0.154. The molecule has 0 aromatic carbocycles. The lowest BCUT2D eigenvalue weighted by Crippen LogP contribution is -2.58. The molecule has 3 aliphatic rings. The fraction of sp³-hybridized carbons (Fsp3) is 0.864. The zero-order chi connectivity index (χ0) is 22.1. The molecule has 2 unspecified atom stereocenters. The van der Waals surface area contributed by atoms with E-state index in [1.165, 1.54) is 0 Å². The van der Waals surface area contributed by atoms with Crippen molar-refractivity contribution in [2.75, 3.05) is 19.8 Å². The van der Waals surface area contributed by atoms with Gasteiger partial charge in [0.15, 0.2) is 0 Å². The molecule has 0 aromatic rings. The zero-order valence-electron chi connectivity index (χ0n) is 18.6. The van der Waals surface area contributed by atoms with Crippen LogP contribution in [0.2, 0.25) is 0 Å². The van der Waals surface area contributed by atoms with Crippen LogP contribution in [0.3, 0.4) is 0 Å². The van der Waals surface area contributed by atoms with E-state index in [2.05, 4.69) is 5.32 Å². The molecule has 2 bridgehead atoms. The van der Waals surface area contributed by atoms with Gasteiger partial charge in [-0.1, -0.05) is 12.8 Å². The number of nitrogens with zero attached hydrogens (tertiary/aromatic N) is 1. The Balaban J connectivity index is 1.87. The molecule has 0 aromatic heterocycles. The number of amides is 2. The number of likely N-dealkylation sites (tertiary alicyclic amines) is 1. The highest BCUT2D eigenvalue weighted by atomic mass is 16.6. The summed E-state index contributed by atoms with van der Waals surface area (Å²) in [7, 11) is 0. The van der Waals surface area contributed by atoms with Crippen LogP contribution in [0.25, 0.3) is 0 Å². The average Bonchev–Trinajstić information content (AvgIpc) is 3.28. The first kappa shape index (κ1) is 23.0. The van der Waals surface area contributed by atoms with Crippen LogP contribution in [-0.4, -0.2) is 70.8 Å². The molecule has 3 fully saturated rings. The second-order valence-electron chi connectivity index (χ2n) is 9.72. The first-order chi connectivity index (χ1) is 14.2. The number of aliphatic hydroxyl groups excluding tert-OH is 1. The normalized spacial score (nSPS) is 32.4. The van der Waals surface area contributed by atoms with Crippen molar-refractivity contribution in [2.24, 2.45) is 11.8 Å². The van der Waals surface area contributed by atoms with Crippen molar-refractivity contribution in [1.82, 2.24) is 10.2 Å². The number of fused-ring (bicyclic) bond motifs is 1. The Kier molecular flexibility index (Phi) is 6.77. The van der Waals surface area contributed by atoms with E-state index in [1.54, 1.807) is 11.8 Å². The first-order valence-corrected chi connectivity index (χ1v) is 11.2. The molecule has 0 radical (unpaired) electrons. The maximum absolute atomic E-state index is 13.5. The van der Waals surface area contributed by atoms with Crippen molar-refractivity contribution < 1.29 is 29.0 Å². The third-order valence-corrected chi connectivity index (χ3v) is 6.41. The zero-order valence-corrected chi connectivity index (χ0v) is 18.6. The number of esters is 1. The molecule has 5 atom stereocenters. The van der Waals surface area contributed by atoms with Gasteiger partial charge in [-0.05, 0) is 53.4 Å². The maximum Gasteiger partial charge on any atom is 0.312 e. The molecule has 8 nitrogen and oxygen atoms in total. The average molecular weight is 425 g/mol. The molecular weight excluding hydrogens is 388 g/mol. The summed E-state index contributed by atoms with van der Waals surface area (Å²) >= 11 is 0. The van der Waals surface area contributed by atoms with Crippen molar-refractivity contribution in [2.45, 2.75) is 89.5 Å². The predicted octanol–water partition coefficient (Wildman–Crippen LogP) is 1.39. The molecule has 30 heavy (non-hydrogen) atoms. The van der Waals surface area contributed by atoms with Crippen LogP contribution >= 0.6 is 0 Å². The molecule has 3 rings (SSSR count). The lowest BCUT2D eigenvalue weighted by Gasteiger charge is -2.35. The molecular formula is C22H36N2O6. The standard InChI is InChI=1S/C22H36N2O6/c1-5-29-20(28)15-14-10-11-22(30-14)16(15)19(27)24(12-8-6-7-9-13-25)17(22)18(26)23-21(2,3)4/h14-17,25H,5-13H2,1-4H3,(H,23,26)/t14-,15+,16-,17?,22?/m0/s1. The van der Waals surface area contributed by atoms with Crippen molar-refractivity contribution >= 4 is 17.8 Å². The largest absolute Gasteiger partial charge is 0.466 e. The van der Waals surface area contributed by atoms with Crippen LogP contribution in [0.5, 0.6) is 0 Å². The summed E-state index contributed by atoms with van der Waals surface area (Å²) < 4.78 is 11.6. The third kappa shape index (κ3) is 4.08. The predicted molar refractivity (Wildman–Crippen MR) is 109 cm³/mol. The van der Waals surface area contributed by atoms with E-state index in [0.29, 0.717) is 19.4 Å². The van der Waals surface area contributed by atoms with E-state index >= 15 is 0 Å². The van der Waals surface area contributed by atoms with Crippen LogP contribution < -0.4 is 5.32 Å². The molecule has 3 saturated heterocycles. The number of carbonyl (C=O) groups is 3. The van der Waals surface area contributed by atoms with Crippen LogP contribution in [0.1, 0.15) is 66.2 Å². The highest BCUT2D eigenvalue weighted by Gasteiger charge is 2.74. The van der Waals surface area contributed by atoms with Gasteiger partial charge in [0.2, 0.25) is 11.8 Å². The van der Waals surface area contributed by atoms with Crippen molar-refractivity contribution in [3.05, 3.63) is 0 Å². The molecule has 0 saturated carbocycles. The van der Waals surface area contributed by atoms with E-state index < -0.39 is 35.0 Å². The number of hydrogen-bond donors (Lipinski definition) is 2. The molecule has 2 N–H and O–H groups in total. The van der Waals surface area contributed by atoms with Gasteiger partial charge < -0.3 is 24.8 Å². The number of unbranched alkanes of at least 4 members (excludes halogenated alkanes) is 3. The lowest BCUT2D eigenvalue weighted by atomic mass is 9.70. The highest BCUT2D eigenvalue weighted by Crippen LogP contribution is 2.58. The van der Waals surface area contributed by atoms with Gasteiger partial charge in [0, 0.05) is 18.7 Å². The summed E-state index contributed by atoms with van der Waals surface area (Å²) in [5.74, 6) is -2.11. The van der Waals surface area contributed by atoms with Gasteiger partial charge in [-0.2, -0.15) is 0 Å². The summed E-state index contributed by atoms with van der Waals surface area (Å²) in [6, 6.07) is -0.739. The fourth-order valence-electron chi connectivity index (χ4n) is 5.39. The molecule has 170 valence electrons. The van der Waals surface area contributed by atoms with E-state index in [9.17, 15) is 14.4 Å². The molecule has 1 spiro atoms. The van der Waals surface area contributed by atoms with E-state index in [0.717, 1.165) is 25.7 Å². The Bertz CT molecular complexity index is 675. The summed E-state index contributed by atoms with van der Waals surface area (Å²) in [4.78, 5) is 41.2. The molecule has 8 heteroatoms. The summed E-state index contributed by atoms with van der Waals surface area (Å²) in [6.07, 6.45) is 4.07. The quantitative estimate of drug-likeness (QED) is 0.428. The number of nitrogens with one attached hydrogen (secondary N) is 1. The van der Waals surface area contributed by atoms with Crippen LogP contribution in [0.15, 0.2) is 0 Å². The number of carbonyl (C=O) groups excluding carboxylic acids is 3. The Morgan fingerprint density at radius 3 is 2.60 bits per heavy atom. The number of hydrogen-bond acceptors (Lipinski definition) is 6. The number of rotatable bonds is 9. The SMILES string of the molecule is CCOC(=O)[C@@H]1[C@@H]2CCC3(O2)C(C(=O)NC(C)(C)C)N(CCCCCCO)C(=O)[C@H]13. The van der Waals surface area contributed by atoms with Gasteiger partial charge in [0.1, 0.15) is 11.6 Å². The molecule has 3 aliphatic heterocycles. The second-order valence-corrected chi connectivity index (χ2v) is 9.72. The number of ether oxygens (including phenoxy) is 2. The van der Waals surface area contributed by atoms with Gasteiger partial charge >= 0.3 is 5.97 Å². The fourth-order valence-corrected chi connectivity index (χ4v) is 5.39. The Hall–Kier alpha value is -1.67. The topological polar surface area (TPSA) is 105 Å². The Labute approximate surface area is 178 Å². The van der Waals surface area contributed by atoms with Gasteiger partial charge in [0.05, 0.1) is 24.5 Å². The monoisotopic (exact) mass is 424 g/mol. The van der Waals surface area contributed by atoms with Gasteiger partial charge in [-0.15, -0.1) is 0 Å². The Morgan fingerprint density at radius 2 is 1.97 bits per heavy atom. The van der Waals surface area contributed by atoms with E-state index in [1.807, 2.05) is 20.8 Å². The summed E-state index contributed by atoms with van der Waals surface area (Å²) in [5, 5.41) is 12.0. The third-order valence-electron chi connectivity index (χ3n) is 6.41. The summed E-state index contributed by atoms with van der Waals surface area (Å²) in [5.41, 5.74) is -1.40. The van der Waals surface area contributed by atoms with Crippen LogP contribution in [0, 0.1) is 11.8 Å². The summed E-state index contributed by atoms with van der Waals surface area (Å²) in [6.45, 7) is 8.31. The number of aliphatic hydroxyl groups is 1. The van der Waals surface area contributed by atoms with Crippen molar-refractivity contribution in [3.8, 4) is 0 Å². The minimum Gasteiger partial charge on any atom is -0.466 e. The molecule has 2 amide bonds. The molecule has 0 aliphatic carbocycles. The Morgan fingerprint density at radius 1 is 1.27 bits per heavy atom. The highest BCUT2D eigenvalue weighted by molar-refractivity contribution is 5.98. The smallest absolute Gasteiger partial charge is 0.312 e. The maximum atomic E-state index is 13.5. The van der Waals surface area contributed by atoms with Crippen LogP contribution in [0.4, 0.5) is 0 Å². The molecule has 3 heterocycles. The van der Waals surface area contributed by atoms with Crippen molar-refractivity contribution in [1.29, 1.82) is 0 Å². The van der Waals surface area contributed by atoms with E-state index in [-0.39, 0.29) is 31.1 Å².